The highest BCUT2D eigenvalue weighted by Gasteiger charge is 2.25. The van der Waals surface area contributed by atoms with Gasteiger partial charge in [0.1, 0.15) is 0 Å². The van der Waals surface area contributed by atoms with Crippen LogP contribution in [0.4, 0.5) is 5.69 Å². The summed E-state index contributed by atoms with van der Waals surface area (Å²) < 4.78 is 0. The molecule has 5 nitrogen and oxygen atoms in total. The van der Waals surface area contributed by atoms with Gasteiger partial charge in [-0.1, -0.05) is 35.9 Å². The molecule has 0 radical (unpaired) electrons. The second kappa shape index (κ2) is 11.5. The monoisotopic (exact) mass is 479 g/mol. The predicted molar refractivity (Wildman–Crippen MR) is 137 cm³/mol. The zero-order chi connectivity index (χ0) is 23.0. The molecular formula is C26H29N3O2S2. The molecule has 3 aromatic rings. The van der Waals surface area contributed by atoms with E-state index in [1.54, 1.807) is 11.3 Å². The Hall–Kier alpha value is -2.61. The highest BCUT2D eigenvalue weighted by molar-refractivity contribution is 8.00. The summed E-state index contributed by atoms with van der Waals surface area (Å²) in [6, 6.07) is 19.6. The summed E-state index contributed by atoms with van der Waals surface area (Å²) >= 11 is 3.12. The van der Waals surface area contributed by atoms with Crippen molar-refractivity contribution in [3.63, 3.8) is 0 Å². The first-order valence-corrected chi connectivity index (χ1v) is 13.1. The summed E-state index contributed by atoms with van der Waals surface area (Å²) in [6.07, 6.45) is 2.42. The van der Waals surface area contributed by atoms with Gasteiger partial charge in [-0.25, -0.2) is 0 Å². The lowest BCUT2D eigenvalue weighted by Gasteiger charge is -2.27. The molecule has 33 heavy (non-hydrogen) atoms. The molecule has 2 heterocycles. The number of aryl methyl sites for hydroxylation is 1. The second-order valence-corrected chi connectivity index (χ2v) is 10.2. The zero-order valence-corrected chi connectivity index (χ0v) is 20.4. The molecule has 1 atom stereocenters. The molecule has 0 bridgehead atoms. The number of hydrogen-bond donors (Lipinski definition) is 2. The molecule has 4 rings (SSSR count). The van der Waals surface area contributed by atoms with Crippen LogP contribution >= 0.6 is 23.1 Å². The van der Waals surface area contributed by atoms with Crippen LogP contribution in [0.2, 0.25) is 0 Å². The lowest BCUT2D eigenvalue weighted by molar-refractivity contribution is -0.113. The van der Waals surface area contributed by atoms with Gasteiger partial charge in [0.25, 0.3) is 5.91 Å². The summed E-state index contributed by atoms with van der Waals surface area (Å²) in [5.74, 6) is 0.0488. The van der Waals surface area contributed by atoms with Crippen LogP contribution in [0.5, 0.6) is 0 Å². The molecular weight excluding hydrogens is 450 g/mol. The third-order valence-electron chi connectivity index (χ3n) is 5.73. The normalized spacial score (nSPS) is 14.7. The zero-order valence-electron chi connectivity index (χ0n) is 18.8. The Labute approximate surface area is 203 Å². The van der Waals surface area contributed by atoms with Gasteiger partial charge in [0.05, 0.1) is 17.4 Å². The Balaban J connectivity index is 1.36. The largest absolute Gasteiger partial charge is 0.350 e. The molecule has 0 unspecified atom stereocenters. The molecule has 1 saturated heterocycles. The molecule has 2 N–H and O–H groups in total. The maximum absolute atomic E-state index is 13.1. The minimum atomic E-state index is -0.0993. The molecule has 172 valence electrons. The summed E-state index contributed by atoms with van der Waals surface area (Å²) in [5.41, 5.74) is 2.53. The molecule has 1 aliphatic rings. The van der Waals surface area contributed by atoms with E-state index in [-0.39, 0.29) is 23.6 Å². The van der Waals surface area contributed by atoms with Gasteiger partial charge in [-0.15, -0.1) is 23.1 Å². The summed E-state index contributed by atoms with van der Waals surface area (Å²) in [7, 11) is 0. The summed E-state index contributed by atoms with van der Waals surface area (Å²) in [4.78, 5) is 30.0. The van der Waals surface area contributed by atoms with Gasteiger partial charge >= 0.3 is 0 Å². The van der Waals surface area contributed by atoms with Crippen molar-refractivity contribution in [2.75, 3.05) is 30.7 Å². The number of thiophene rings is 1. The van der Waals surface area contributed by atoms with Crippen molar-refractivity contribution in [2.24, 2.45) is 0 Å². The smallest absolute Gasteiger partial charge is 0.252 e. The standard InChI is InChI=1S/C26H29N3O2S2/c1-19-10-12-20(13-11-19)28-25(30)18-33-23-8-3-2-7-21(23)26(31)27-17-22(24-9-6-16-32-24)29-14-4-5-15-29/h2-3,6-13,16,22H,4-5,14-15,17-18H2,1H3,(H,27,31)(H,28,30)/t22-/m1/s1. The number of hydrogen-bond acceptors (Lipinski definition) is 5. The Bertz CT molecular complexity index is 1060. The van der Waals surface area contributed by atoms with Crippen LogP contribution in [0.3, 0.4) is 0 Å². The van der Waals surface area contributed by atoms with E-state index in [2.05, 4.69) is 33.0 Å². The fourth-order valence-corrected chi connectivity index (χ4v) is 5.70. The Morgan fingerprint density at radius 1 is 1.03 bits per heavy atom. The van der Waals surface area contributed by atoms with E-state index in [1.165, 1.54) is 29.5 Å². The quantitative estimate of drug-likeness (QED) is 0.406. The third-order valence-corrected chi connectivity index (χ3v) is 7.78. The molecule has 2 amide bonds. The van der Waals surface area contributed by atoms with Crippen molar-refractivity contribution in [3.8, 4) is 0 Å². The van der Waals surface area contributed by atoms with Crippen LogP contribution in [0.25, 0.3) is 0 Å². The van der Waals surface area contributed by atoms with E-state index in [1.807, 2.05) is 55.5 Å². The van der Waals surface area contributed by atoms with Crippen LogP contribution in [0.1, 0.15) is 39.7 Å². The van der Waals surface area contributed by atoms with Crippen molar-refractivity contribution < 1.29 is 9.59 Å². The number of rotatable bonds is 9. The molecule has 2 aromatic carbocycles. The van der Waals surface area contributed by atoms with Crippen molar-refractivity contribution in [1.29, 1.82) is 0 Å². The van der Waals surface area contributed by atoms with Crippen molar-refractivity contribution in [2.45, 2.75) is 30.7 Å². The third kappa shape index (κ3) is 6.47. The molecule has 1 fully saturated rings. The van der Waals surface area contributed by atoms with Gasteiger partial charge < -0.3 is 10.6 Å². The lowest BCUT2D eigenvalue weighted by Crippen LogP contribution is -2.36. The minimum absolute atomic E-state index is 0.0918. The van der Waals surface area contributed by atoms with Crippen LogP contribution in [0.15, 0.2) is 70.9 Å². The maximum Gasteiger partial charge on any atom is 0.252 e. The topological polar surface area (TPSA) is 61.4 Å². The van der Waals surface area contributed by atoms with Crippen LogP contribution in [-0.4, -0.2) is 42.1 Å². The lowest BCUT2D eigenvalue weighted by atomic mass is 10.1. The van der Waals surface area contributed by atoms with Crippen molar-refractivity contribution in [3.05, 3.63) is 82.0 Å². The van der Waals surface area contributed by atoms with E-state index in [9.17, 15) is 9.59 Å². The number of benzene rings is 2. The fraction of sp³-hybridized carbons (Fsp3) is 0.308. The second-order valence-electron chi connectivity index (χ2n) is 8.18. The fourth-order valence-electron chi connectivity index (χ4n) is 3.99. The molecule has 0 saturated carbocycles. The van der Waals surface area contributed by atoms with Gasteiger partial charge in [0.2, 0.25) is 5.91 Å². The van der Waals surface area contributed by atoms with E-state index in [4.69, 9.17) is 0 Å². The SMILES string of the molecule is Cc1ccc(NC(=O)CSc2ccccc2C(=O)NC[C@H](c2cccs2)N2CCCC2)cc1. The van der Waals surface area contributed by atoms with E-state index >= 15 is 0 Å². The number of likely N-dealkylation sites (tertiary alicyclic amines) is 1. The predicted octanol–water partition coefficient (Wildman–Crippen LogP) is 5.35. The van der Waals surface area contributed by atoms with Gasteiger partial charge in [-0.2, -0.15) is 0 Å². The summed E-state index contributed by atoms with van der Waals surface area (Å²) in [6.45, 7) is 4.73. The number of thioether (sulfide) groups is 1. The Morgan fingerprint density at radius 3 is 2.52 bits per heavy atom. The number of nitrogens with one attached hydrogen (secondary N) is 2. The van der Waals surface area contributed by atoms with Gasteiger partial charge in [-0.05, 0) is 68.6 Å². The highest BCUT2D eigenvalue weighted by atomic mass is 32.2. The van der Waals surface area contributed by atoms with E-state index in [0.717, 1.165) is 29.2 Å². The number of anilines is 1. The maximum atomic E-state index is 13.1. The molecule has 0 spiro atoms. The van der Waals surface area contributed by atoms with E-state index < -0.39 is 0 Å². The van der Waals surface area contributed by atoms with Crippen LogP contribution in [0, 0.1) is 6.92 Å². The Morgan fingerprint density at radius 2 is 1.79 bits per heavy atom. The highest BCUT2D eigenvalue weighted by Crippen LogP contribution is 2.28. The first-order valence-electron chi connectivity index (χ1n) is 11.2. The van der Waals surface area contributed by atoms with E-state index in [0.29, 0.717) is 12.1 Å². The first kappa shape index (κ1) is 23.5. The van der Waals surface area contributed by atoms with Gasteiger partial charge in [0.15, 0.2) is 0 Å². The Kier molecular flexibility index (Phi) is 8.20. The molecule has 7 heteroatoms. The number of nitrogens with zero attached hydrogens (tertiary/aromatic N) is 1. The van der Waals surface area contributed by atoms with Gasteiger partial charge in [-0.3, -0.25) is 14.5 Å². The number of carbonyl (C=O) groups is 2. The molecule has 1 aliphatic heterocycles. The van der Waals surface area contributed by atoms with Crippen molar-refractivity contribution >= 4 is 40.6 Å². The summed E-state index contributed by atoms with van der Waals surface area (Å²) in [5, 5.41) is 8.15. The minimum Gasteiger partial charge on any atom is -0.350 e. The van der Waals surface area contributed by atoms with Crippen LogP contribution < -0.4 is 10.6 Å². The average molecular weight is 480 g/mol. The molecule has 0 aliphatic carbocycles. The number of carbonyl (C=O) groups excluding carboxylic acids is 2. The molecule has 1 aromatic heterocycles. The number of amides is 2. The first-order chi connectivity index (χ1) is 16.1. The average Bonchev–Trinajstić information content (AvgIpc) is 3.55. The van der Waals surface area contributed by atoms with Gasteiger partial charge in [0, 0.05) is 22.0 Å². The van der Waals surface area contributed by atoms with Crippen LogP contribution in [-0.2, 0) is 4.79 Å². The van der Waals surface area contributed by atoms with Crippen molar-refractivity contribution in [1.82, 2.24) is 10.2 Å².